The molecule has 1 aromatic carbocycles. The average molecular weight is 217 g/mol. The average Bonchev–Trinajstić information content (AvgIpc) is 2.31. The molecule has 0 amide bonds. The smallest absolute Gasteiger partial charge is 0.0682 e. The van der Waals surface area contributed by atoms with Crippen LogP contribution in [0.4, 0.5) is 0 Å². The molecule has 2 nitrogen and oxygen atoms in total. The van der Waals surface area contributed by atoms with Crippen molar-refractivity contribution >= 4 is 11.8 Å². The van der Waals surface area contributed by atoms with E-state index in [4.69, 9.17) is 5.11 Å². The molecule has 0 aliphatic carbocycles. The summed E-state index contributed by atoms with van der Waals surface area (Å²) in [7, 11) is 0. The van der Waals surface area contributed by atoms with Gasteiger partial charge in [0.2, 0.25) is 0 Å². The maximum Gasteiger partial charge on any atom is 0.0682 e. The topological polar surface area (TPSA) is 33.1 Å². The summed E-state index contributed by atoms with van der Waals surface area (Å²) in [6, 6.07) is 11.8. The molecule has 0 atom stereocenters. The molecule has 1 heterocycles. The molecule has 2 aromatic rings. The molecule has 15 heavy (non-hydrogen) atoms. The monoisotopic (exact) mass is 217 g/mol. The summed E-state index contributed by atoms with van der Waals surface area (Å²) in [6.45, 7) is 0.0880. The van der Waals surface area contributed by atoms with Crippen molar-refractivity contribution in [1.82, 2.24) is 4.98 Å². The summed E-state index contributed by atoms with van der Waals surface area (Å²) in [6.07, 6.45) is 3.55. The number of aromatic nitrogens is 1. The summed E-state index contributed by atoms with van der Waals surface area (Å²) in [5.41, 5.74) is 0.939. The van der Waals surface area contributed by atoms with Crippen molar-refractivity contribution in [3.63, 3.8) is 0 Å². The maximum absolute atomic E-state index is 9.01. The minimum Gasteiger partial charge on any atom is -0.392 e. The first-order valence-corrected chi connectivity index (χ1v) is 5.48. The molecule has 0 spiro atoms. The van der Waals surface area contributed by atoms with E-state index in [9.17, 15) is 0 Å². The second-order valence-electron chi connectivity index (χ2n) is 3.09. The van der Waals surface area contributed by atoms with Gasteiger partial charge in [-0.2, -0.15) is 0 Å². The summed E-state index contributed by atoms with van der Waals surface area (Å²) < 4.78 is 0. The number of aliphatic hydroxyl groups excluding tert-OH is 1. The number of benzene rings is 1. The van der Waals surface area contributed by atoms with Crippen molar-refractivity contribution < 1.29 is 5.11 Å². The largest absolute Gasteiger partial charge is 0.392 e. The summed E-state index contributed by atoms with van der Waals surface area (Å²) in [4.78, 5) is 6.25. The van der Waals surface area contributed by atoms with Crippen LogP contribution in [0.15, 0.2) is 58.6 Å². The van der Waals surface area contributed by atoms with E-state index >= 15 is 0 Å². The molecular formula is C12H11NOS. The Balaban J connectivity index is 2.17. The second kappa shape index (κ2) is 4.96. The van der Waals surface area contributed by atoms with Crippen molar-refractivity contribution in [2.75, 3.05) is 0 Å². The maximum atomic E-state index is 9.01. The standard InChI is InChI=1S/C12H11NOS/c14-9-10-2-1-3-12(8-10)15-11-4-6-13-7-5-11/h1-8,14H,9H2. The van der Waals surface area contributed by atoms with Crippen molar-refractivity contribution in [2.45, 2.75) is 16.4 Å². The lowest BCUT2D eigenvalue weighted by molar-refractivity contribution is 0.281. The molecule has 1 N–H and O–H groups in total. The van der Waals surface area contributed by atoms with E-state index in [0.29, 0.717) is 0 Å². The fourth-order valence-electron chi connectivity index (χ4n) is 1.25. The number of rotatable bonds is 3. The molecule has 2 rings (SSSR count). The van der Waals surface area contributed by atoms with Gasteiger partial charge in [-0.3, -0.25) is 4.98 Å². The summed E-state index contributed by atoms with van der Waals surface area (Å²) in [5, 5.41) is 9.01. The zero-order valence-corrected chi connectivity index (χ0v) is 8.95. The Morgan fingerprint density at radius 2 is 1.87 bits per heavy atom. The first kappa shape index (κ1) is 10.2. The van der Waals surface area contributed by atoms with Gasteiger partial charge in [0.1, 0.15) is 0 Å². The lowest BCUT2D eigenvalue weighted by Gasteiger charge is -2.02. The second-order valence-corrected chi connectivity index (χ2v) is 4.24. The van der Waals surface area contributed by atoms with Gasteiger partial charge in [0.25, 0.3) is 0 Å². The van der Waals surface area contributed by atoms with Gasteiger partial charge in [0, 0.05) is 22.2 Å². The van der Waals surface area contributed by atoms with Crippen LogP contribution in [0.1, 0.15) is 5.56 Å². The third kappa shape index (κ3) is 2.81. The van der Waals surface area contributed by atoms with Crippen LogP contribution in [0.2, 0.25) is 0 Å². The quantitative estimate of drug-likeness (QED) is 0.858. The third-order valence-corrected chi connectivity index (χ3v) is 2.96. The Hall–Kier alpha value is -1.32. The number of aliphatic hydroxyl groups is 1. The van der Waals surface area contributed by atoms with Gasteiger partial charge in [0.15, 0.2) is 0 Å². The van der Waals surface area contributed by atoms with Crippen LogP contribution in [0.3, 0.4) is 0 Å². The van der Waals surface area contributed by atoms with Crippen molar-refractivity contribution in [1.29, 1.82) is 0 Å². The summed E-state index contributed by atoms with van der Waals surface area (Å²) in [5.74, 6) is 0. The Morgan fingerprint density at radius 1 is 1.07 bits per heavy atom. The Kier molecular flexibility index (Phi) is 3.37. The van der Waals surface area contributed by atoms with E-state index < -0.39 is 0 Å². The molecule has 0 bridgehead atoms. The first-order chi connectivity index (χ1) is 7.38. The van der Waals surface area contributed by atoms with Crippen LogP contribution >= 0.6 is 11.8 Å². The molecule has 0 radical (unpaired) electrons. The molecular weight excluding hydrogens is 206 g/mol. The van der Waals surface area contributed by atoms with E-state index in [2.05, 4.69) is 4.98 Å². The van der Waals surface area contributed by atoms with Gasteiger partial charge in [-0.1, -0.05) is 23.9 Å². The van der Waals surface area contributed by atoms with E-state index in [1.807, 2.05) is 36.4 Å². The van der Waals surface area contributed by atoms with Crippen molar-refractivity contribution in [3.8, 4) is 0 Å². The molecule has 1 aromatic heterocycles. The molecule has 0 unspecified atom stereocenters. The highest BCUT2D eigenvalue weighted by atomic mass is 32.2. The van der Waals surface area contributed by atoms with Gasteiger partial charge < -0.3 is 5.11 Å². The highest BCUT2D eigenvalue weighted by Gasteiger charge is 1.97. The van der Waals surface area contributed by atoms with Crippen molar-refractivity contribution in [3.05, 3.63) is 54.4 Å². The lowest BCUT2D eigenvalue weighted by Crippen LogP contribution is -1.82. The summed E-state index contributed by atoms with van der Waals surface area (Å²) >= 11 is 1.67. The van der Waals surface area contributed by atoms with Crippen LogP contribution in [-0.2, 0) is 6.61 Å². The van der Waals surface area contributed by atoms with Gasteiger partial charge in [-0.05, 0) is 29.8 Å². The molecule has 0 saturated heterocycles. The highest BCUT2D eigenvalue weighted by Crippen LogP contribution is 2.27. The van der Waals surface area contributed by atoms with Gasteiger partial charge >= 0.3 is 0 Å². The highest BCUT2D eigenvalue weighted by molar-refractivity contribution is 7.99. The number of nitrogens with zero attached hydrogens (tertiary/aromatic N) is 1. The van der Waals surface area contributed by atoms with E-state index in [0.717, 1.165) is 15.4 Å². The van der Waals surface area contributed by atoms with Crippen LogP contribution in [0, 0.1) is 0 Å². The predicted octanol–water partition coefficient (Wildman–Crippen LogP) is 2.73. The van der Waals surface area contributed by atoms with E-state index in [1.54, 1.807) is 24.2 Å². The lowest BCUT2D eigenvalue weighted by atomic mass is 10.2. The molecule has 0 aliphatic heterocycles. The van der Waals surface area contributed by atoms with Crippen LogP contribution in [0.5, 0.6) is 0 Å². The van der Waals surface area contributed by atoms with Crippen LogP contribution < -0.4 is 0 Å². The molecule has 3 heteroatoms. The van der Waals surface area contributed by atoms with E-state index in [1.165, 1.54) is 0 Å². The fraction of sp³-hybridized carbons (Fsp3) is 0.0833. The molecule has 76 valence electrons. The van der Waals surface area contributed by atoms with Crippen LogP contribution in [-0.4, -0.2) is 10.1 Å². The predicted molar refractivity (Wildman–Crippen MR) is 60.7 cm³/mol. The normalized spacial score (nSPS) is 10.2. The number of hydrogen-bond donors (Lipinski definition) is 1. The Labute approximate surface area is 93.0 Å². The van der Waals surface area contributed by atoms with Crippen molar-refractivity contribution in [2.24, 2.45) is 0 Å². The SMILES string of the molecule is OCc1cccc(Sc2ccncc2)c1. The number of hydrogen-bond acceptors (Lipinski definition) is 3. The Morgan fingerprint density at radius 3 is 2.60 bits per heavy atom. The molecule has 0 fully saturated rings. The fourth-order valence-corrected chi connectivity index (χ4v) is 2.14. The number of pyridine rings is 1. The first-order valence-electron chi connectivity index (χ1n) is 4.66. The van der Waals surface area contributed by atoms with Crippen LogP contribution in [0.25, 0.3) is 0 Å². The zero-order valence-electron chi connectivity index (χ0n) is 8.13. The Bertz CT molecular complexity index is 431. The minimum absolute atomic E-state index is 0.0880. The molecule has 0 aliphatic rings. The van der Waals surface area contributed by atoms with Gasteiger partial charge in [0.05, 0.1) is 6.61 Å². The third-order valence-electron chi connectivity index (χ3n) is 1.97. The molecule has 0 saturated carbocycles. The van der Waals surface area contributed by atoms with Gasteiger partial charge in [-0.25, -0.2) is 0 Å². The zero-order chi connectivity index (χ0) is 10.5. The van der Waals surface area contributed by atoms with E-state index in [-0.39, 0.29) is 6.61 Å². The minimum atomic E-state index is 0.0880. The van der Waals surface area contributed by atoms with Gasteiger partial charge in [-0.15, -0.1) is 0 Å².